The van der Waals surface area contributed by atoms with Crippen molar-refractivity contribution in [2.75, 3.05) is 6.54 Å². The molecule has 1 aliphatic heterocycles. The van der Waals surface area contributed by atoms with E-state index in [1.165, 1.54) is 11.3 Å². The molecule has 2 aromatic carbocycles. The van der Waals surface area contributed by atoms with Crippen LogP contribution in [0.3, 0.4) is 0 Å². The molecule has 22 heavy (non-hydrogen) atoms. The lowest BCUT2D eigenvalue weighted by Gasteiger charge is -2.04. The van der Waals surface area contributed by atoms with Crippen LogP contribution in [0.1, 0.15) is 12.0 Å². The Bertz CT molecular complexity index is 1050. The van der Waals surface area contributed by atoms with E-state index in [0.717, 1.165) is 35.1 Å². The van der Waals surface area contributed by atoms with Gasteiger partial charge >= 0.3 is 0 Å². The van der Waals surface area contributed by atoms with E-state index in [4.69, 9.17) is 0 Å². The van der Waals surface area contributed by atoms with Crippen molar-refractivity contribution in [3.05, 3.63) is 61.6 Å². The highest BCUT2D eigenvalue weighted by atomic mass is 32.1. The molecule has 5 heteroatoms. The smallest absolute Gasteiger partial charge is 0.270 e. The first kappa shape index (κ1) is 13.3. The normalized spacial score (nSPS) is 14.8. The van der Waals surface area contributed by atoms with Gasteiger partial charge in [-0.15, -0.1) is 0 Å². The number of aromatic nitrogens is 1. The quantitative estimate of drug-likeness (QED) is 0.742. The molecule has 0 radical (unpaired) electrons. The van der Waals surface area contributed by atoms with Gasteiger partial charge in [-0.1, -0.05) is 41.7 Å². The minimum Gasteiger partial charge on any atom is -0.507 e. The fourth-order valence-electron chi connectivity index (χ4n) is 2.79. The molecule has 0 saturated heterocycles. The fraction of sp³-hybridized carbons (Fsp3) is 0.176. The lowest BCUT2D eigenvalue weighted by molar-refractivity contribution is 0.475. The third kappa shape index (κ3) is 2.05. The summed E-state index contributed by atoms with van der Waals surface area (Å²) in [5.41, 5.74) is 0.671. The summed E-state index contributed by atoms with van der Waals surface area (Å²) in [5, 5.41) is 12.2. The maximum Gasteiger partial charge on any atom is 0.270 e. The van der Waals surface area contributed by atoms with Crippen LogP contribution in [0.25, 0.3) is 16.8 Å². The molecule has 3 aromatic rings. The Balaban J connectivity index is 2.04. The molecule has 2 heterocycles. The van der Waals surface area contributed by atoms with Gasteiger partial charge in [0.2, 0.25) is 0 Å². The van der Waals surface area contributed by atoms with Crippen molar-refractivity contribution >= 4 is 28.2 Å². The third-order valence-corrected chi connectivity index (χ3v) is 4.94. The lowest BCUT2D eigenvalue weighted by Crippen LogP contribution is -2.33. The molecule has 1 N–H and O–H groups in total. The van der Waals surface area contributed by atoms with Crippen LogP contribution in [0.5, 0.6) is 5.75 Å². The summed E-state index contributed by atoms with van der Waals surface area (Å²) < 4.78 is 2.34. The number of hydrogen-bond donors (Lipinski definition) is 1. The van der Waals surface area contributed by atoms with Gasteiger partial charge in [0, 0.05) is 18.7 Å². The van der Waals surface area contributed by atoms with Crippen molar-refractivity contribution in [1.82, 2.24) is 4.57 Å². The maximum absolute atomic E-state index is 12.5. The van der Waals surface area contributed by atoms with E-state index in [1.807, 2.05) is 30.3 Å². The topological polar surface area (TPSA) is 54.6 Å². The van der Waals surface area contributed by atoms with E-state index in [1.54, 1.807) is 16.7 Å². The SMILES string of the molecule is O=c1/c(=C/c2c(O)ccc3ccccc23)sc2n1CCCN=2. The van der Waals surface area contributed by atoms with E-state index >= 15 is 0 Å². The molecular formula is C17H14N2O2S. The second-order valence-corrected chi connectivity index (χ2v) is 6.31. The Labute approximate surface area is 130 Å². The molecule has 0 saturated carbocycles. The third-order valence-electron chi connectivity index (χ3n) is 3.90. The Morgan fingerprint density at radius 3 is 2.95 bits per heavy atom. The van der Waals surface area contributed by atoms with E-state index in [-0.39, 0.29) is 11.3 Å². The van der Waals surface area contributed by atoms with Crippen LogP contribution >= 0.6 is 11.3 Å². The average Bonchev–Trinajstić information content (AvgIpc) is 2.87. The van der Waals surface area contributed by atoms with Gasteiger partial charge in [0.05, 0.1) is 4.53 Å². The molecule has 0 fully saturated rings. The predicted octanol–water partition coefficient (Wildman–Crippen LogP) is 1.62. The van der Waals surface area contributed by atoms with Crippen LogP contribution in [0.2, 0.25) is 0 Å². The summed E-state index contributed by atoms with van der Waals surface area (Å²) >= 11 is 1.39. The zero-order valence-electron chi connectivity index (χ0n) is 11.8. The number of thiazole rings is 1. The van der Waals surface area contributed by atoms with Gasteiger partial charge in [-0.05, 0) is 29.3 Å². The van der Waals surface area contributed by atoms with Crippen molar-refractivity contribution in [2.24, 2.45) is 4.99 Å². The second-order valence-electron chi connectivity index (χ2n) is 5.30. The van der Waals surface area contributed by atoms with Crippen LogP contribution in [0, 0.1) is 0 Å². The number of rotatable bonds is 1. The van der Waals surface area contributed by atoms with Crippen LogP contribution in [0.15, 0.2) is 46.2 Å². The van der Waals surface area contributed by atoms with E-state index in [2.05, 4.69) is 4.99 Å². The van der Waals surface area contributed by atoms with Crippen LogP contribution in [0.4, 0.5) is 0 Å². The van der Waals surface area contributed by atoms with Gasteiger partial charge in [-0.25, -0.2) is 0 Å². The molecule has 0 spiro atoms. The first-order valence-corrected chi connectivity index (χ1v) is 8.02. The van der Waals surface area contributed by atoms with Crippen molar-refractivity contribution in [2.45, 2.75) is 13.0 Å². The number of hydrogen-bond acceptors (Lipinski definition) is 4. The van der Waals surface area contributed by atoms with Gasteiger partial charge in [0.15, 0.2) is 4.80 Å². The molecule has 0 amide bonds. The fourth-order valence-corrected chi connectivity index (χ4v) is 3.80. The number of nitrogens with zero attached hydrogens (tertiary/aromatic N) is 2. The summed E-state index contributed by atoms with van der Waals surface area (Å²) in [4.78, 5) is 17.6. The molecule has 110 valence electrons. The maximum atomic E-state index is 12.5. The molecule has 0 aliphatic carbocycles. The molecule has 4 nitrogen and oxygen atoms in total. The summed E-state index contributed by atoms with van der Waals surface area (Å²) in [5.74, 6) is 0.186. The zero-order chi connectivity index (χ0) is 15.1. The van der Waals surface area contributed by atoms with Crippen molar-refractivity contribution < 1.29 is 5.11 Å². The van der Waals surface area contributed by atoms with Gasteiger partial charge in [-0.2, -0.15) is 0 Å². The van der Waals surface area contributed by atoms with E-state index < -0.39 is 0 Å². The monoisotopic (exact) mass is 310 g/mol. The van der Waals surface area contributed by atoms with Gasteiger partial charge in [-0.3, -0.25) is 14.4 Å². The lowest BCUT2D eigenvalue weighted by atomic mass is 10.0. The highest BCUT2D eigenvalue weighted by Gasteiger charge is 2.10. The Hall–Kier alpha value is -2.40. The summed E-state index contributed by atoms with van der Waals surface area (Å²) in [6.07, 6.45) is 2.69. The van der Waals surface area contributed by atoms with E-state index in [0.29, 0.717) is 10.1 Å². The summed E-state index contributed by atoms with van der Waals surface area (Å²) in [6, 6.07) is 11.4. The number of aromatic hydroxyl groups is 1. The molecule has 0 bridgehead atoms. The van der Waals surface area contributed by atoms with Crippen LogP contribution < -0.4 is 14.9 Å². The minimum atomic E-state index is -0.0178. The first-order chi connectivity index (χ1) is 10.7. The standard InChI is InChI=1S/C17H14N2O2S/c20-14-7-6-11-4-1-2-5-12(11)13(14)10-15-16(21)19-9-3-8-18-17(19)22-15/h1-2,4-7,10,20H,3,8-9H2/b15-10-. The van der Waals surface area contributed by atoms with Crippen molar-refractivity contribution in [3.63, 3.8) is 0 Å². The number of fused-ring (bicyclic) bond motifs is 2. The Morgan fingerprint density at radius 2 is 2.09 bits per heavy atom. The molecule has 0 unspecified atom stereocenters. The largest absolute Gasteiger partial charge is 0.507 e. The van der Waals surface area contributed by atoms with Crippen LogP contribution in [-0.4, -0.2) is 16.2 Å². The second kappa shape index (κ2) is 5.10. The molecular weight excluding hydrogens is 296 g/mol. The predicted molar refractivity (Wildman–Crippen MR) is 88.0 cm³/mol. The average molecular weight is 310 g/mol. The molecule has 1 aromatic heterocycles. The number of benzene rings is 2. The Morgan fingerprint density at radius 1 is 1.23 bits per heavy atom. The summed E-state index contributed by atoms with van der Waals surface area (Å²) in [6.45, 7) is 1.50. The molecule has 4 rings (SSSR count). The van der Waals surface area contributed by atoms with E-state index in [9.17, 15) is 9.90 Å². The number of phenolic OH excluding ortho intramolecular Hbond substituents is 1. The highest BCUT2D eigenvalue weighted by Crippen LogP contribution is 2.27. The van der Waals surface area contributed by atoms with Gasteiger partial charge in [0.25, 0.3) is 5.56 Å². The van der Waals surface area contributed by atoms with Crippen molar-refractivity contribution in [1.29, 1.82) is 0 Å². The first-order valence-electron chi connectivity index (χ1n) is 7.20. The zero-order valence-corrected chi connectivity index (χ0v) is 12.6. The summed E-state index contributed by atoms with van der Waals surface area (Å²) in [7, 11) is 0. The van der Waals surface area contributed by atoms with Gasteiger partial charge < -0.3 is 5.11 Å². The van der Waals surface area contributed by atoms with Gasteiger partial charge in [0.1, 0.15) is 5.75 Å². The Kier molecular flexibility index (Phi) is 3.08. The molecule has 1 aliphatic rings. The number of phenols is 1. The molecule has 0 atom stereocenters. The highest BCUT2D eigenvalue weighted by molar-refractivity contribution is 7.07. The van der Waals surface area contributed by atoms with Crippen LogP contribution in [-0.2, 0) is 6.54 Å². The van der Waals surface area contributed by atoms with Crippen molar-refractivity contribution in [3.8, 4) is 5.75 Å². The minimum absolute atomic E-state index is 0.0178.